The number of hydrogen-bond acceptors (Lipinski definition) is 3. The molecule has 1 aromatic heterocycles. The van der Waals surface area contributed by atoms with E-state index in [0.29, 0.717) is 5.56 Å². The van der Waals surface area contributed by atoms with Gasteiger partial charge in [0.15, 0.2) is 0 Å². The summed E-state index contributed by atoms with van der Waals surface area (Å²) < 4.78 is 0. The van der Waals surface area contributed by atoms with Crippen molar-refractivity contribution in [1.82, 2.24) is 10.3 Å². The van der Waals surface area contributed by atoms with E-state index < -0.39 is 0 Å². The maximum Gasteiger partial charge on any atom is 0.0991 e. The summed E-state index contributed by atoms with van der Waals surface area (Å²) in [6.07, 6.45) is 2.72. The van der Waals surface area contributed by atoms with E-state index in [1.165, 1.54) is 0 Å². The largest absolute Gasteiger partial charge is 0.310 e. The van der Waals surface area contributed by atoms with Gasteiger partial charge in [-0.15, -0.1) is 0 Å². The molecule has 1 heterocycles. The lowest BCUT2D eigenvalue weighted by atomic mass is 10.1. The highest BCUT2D eigenvalue weighted by molar-refractivity contribution is 5.34. The minimum atomic E-state index is 0.233. The zero-order valence-electron chi connectivity index (χ0n) is 11.0. The molecule has 3 heteroatoms. The fourth-order valence-electron chi connectivity index (χ4n) is 1.96. The second-order valence-corrected chi connectivity index (χ2v) is 4.48. The standard InChI is InChI=1S/C16H17N3/c1-13(15-6-4-5-14(11-15)12-17)18-10-8-16-7-2-3-9-19-16/h2-7,9,11,13,18H,8,10H2,1H3. The Morgan fingerprint density at radius 2 is 2.16 bits per heavy atom. The Morgan fingerprint density at radius 1 is 1.26 bits per heavy atom. The average molecular weight is 251 g/mol. The maximum absolute atomic E-state index is 8.89. The molecule has 3 nitrogen and oxygen atoms in total. The van der Waals surface area contributed by atoms with Crippen LogP contribution in [-0.2, 0) is 6.42 Å². The molecule has 0 aliphatic heterocycles. The van der Waals surface area contributed by atoms with Gasteiger partial charge in [0.2, 0.25) is 0 Å². The van der Waals surface area contributed by atoms with Gasteiger partial charge < -0.3 is 5.32 Å². The predicted octanol–water partition coefficient (Wildman–Crippen LogP) is 2.85. The quantitative estimate of drug-likeness (QED) is 0.889. The molecule has 0 aliphatic carbocycles. The molecule has 1 N–H and O–H groups in total. The van der Waals surface area contributed by atoms with Crippen molar-refractivity contribution in [3.63, 3.8) is 0 Å². The number of rotatable bonds is 5. The molecule has 96 valence electrons. The Hall–Kier alpha value is -2.18. The molecule has 0 saturated carbocycles. The minimum absolute atomic E-state index is 0.233. The van der Waals surface area contributed by atoms with E-state index in [1.54, 1.807) is 0 Å². The van der Waals surface area contributed by atoms with E-state index in [0.717, 1.165) is 24.2 Å². The monoisotopic (exact) mass is 251 g/mol. The van der Waals surface area contributed by atoms with Gasteiger partial charge >= 0.3 is 0 Å². The molecule has 0 saturated heterocycles. The van der Waals surface area contributed by atoms with Crippen LogP contribution in [0.1, 0.15) is 29.8 Å². The van der Waals surface area contributed by atoms with Gasteiger partial charge in [0, 0.05) is 30.9 Å². The Balaban J connectivity index is 1.87. The Kier molecular flexibility index (Phi) is 4.66. The fraction of sp³-hybridized carbons (Fsp3) is 0.250. The van der Waals surface area contributed by atoms with Crippen LogP contribution in [0.2, 0.25) is 0 Å². The van der Waals surface area contributed by atoms with E-state index in [9.17, 15) is 0 Å². The van der Waals surface area contributed by atoms with E-state index in [-0.39, 0.29) is 6.04 Å². The first-order valence-electron chi connectivity index (χ1n) is 6.43. The van der Waals surface area contributed by atoms with Crippen molar-refractivity contribution in [2.45, 2.75) is 19.4 Å². The summed E-state index contributed by atoms with van der Waals surface area (Å²) in [6.45, 7) is 2.98. The Labute approximate surface area is 113 Å². The van der Waals surface area contributed by atoms with Gasteiger partial charge in [-0.05, 0) is 36.8 Å². The number of aromatic nitrogens is 1. The molecule has 1 atom stereocenters. The van der Waals surface area contributed by atoms with Crippen molar-refractivity contribution in [3.8, 4) is 6.07 Å². The lowest BCUT2D eigenvalue weighted by Gasteiger charge is -2.14. The first kappa shape index (κ1) is 13.3. The van der Waals surface area contributed by atoms with Gasteiger partial charge in [-0.2, -0.15) is 5.26 Å². The summed E-state index contributed by atoms with van der Waals surface area (Å²) in [6, 6.07) is 16.1. The van der Waals surface area contributed by atoms with Gasteiger partial charge in [-0.25, -0.2) is 0 Å². The Bertz CT molecular complexity index is 558. The SMILES string of the molecule is CC(NCCc1ccccn1)c1cccc(C#N)c1. The third-order valence-corrected chi connectivity index (χ3v) is 3.07. The molecule has 1 aromatic carbocycles. The summed E-state index contributed by atoms with van der Waals surface area (Å²) in [5.41, 5.74) is 2.93. The van der Waals surface area contributed by atoms with Crippen LogP contribution in [0.5, 0.6) is 0 Å². The number of nitrogens with zero attached hydrogens (tertiary/aromatic N) is 2. The molecular formula is C16H17N3. The lowest BCUT2D eigenvalue weighted by molar-refractivity contribution is 0.574. The van der Waals surface area contributed by atoms with Crippen molar-refractivity contribution in [2.24, 2.45) is 0 Å². The average Bonchev–Trinajstić information content (AvgIpc) is 2.48. The van der Waals surface area contributed by atoms with Crippen molar-refractivity contribution in [1.29, 1.82) is 5.26 Å². The summed E-state index contributed by atoms with van der Waals surface area (Å²) >= 11 is 0. The van der Waals surface area contributed by atoms with Crippen molar-refractivity contribution in [3.05, 3.63) is 65.5 Å². The highest BCUT2D eigenvalue weighted by Crippen LogP contribution is 2.13. The predicted molar refractivity (Wildman–Crippen MR) is 75.5 cm³/mol. The van der Waals surface area contributed by atoms with E-state index >= 15 is 0 Å². The molecular weight excluding hydrogens is 234 g/mol. The topological polar surface area (TPSA) is 48.7 Å². The van der Waals surface area contributed by atoms with Crippen LogP contribution in [0, 0.1) is 11.3 Å². The zero-order chi connectivity index (χ0) is 13.5. The van der Waals surface area contributed by atoms with Crippen LogP contribution in [0.3, 0.4) is 0 Å². The van der Waals surface area contributed by atoms with Crippen molar-refractivity contribution in [2.75, 3.05) is 6.54 Å². The number of benzene rings is 1. The smallest absolute Gasteiger partial charge is 0.0991 e. The summed E-state index contributed by atoms with van der Waals surface area (Å²) in [4.78, 5) is 4.29. The van der Waals surface area contributed by atoms with Crippen molar-refractivity contribution >= 4 is 0 Å². The first-order chi connectivity index (χ1) is 9.29. The van der Waals surface area contributed by atoms with Crippen LogP contribution < -0.4 is 5.32 Å². The van der Waals surface area contributed by atoms with Gasteiger partial charge in [0.25, 0.3) is 0 Å². The van der Waals surface area contributed by atoms with Gasteiger partial charge in [0.05, 0.1) is 11.6 Å². The molecule has 0 amide bonds. The van der Waals surface area contributed by atoms with Gasteiger partial charge in [-0.3, -0.25) is 4.98 Å². The summed E-state index contributed by atoms with van der Waals surface area (Å²) in [7, 11) is 0. The molecule has 2 aromatic rings. The third kappa shape index (κ3) is 3.90. The molecule has 0 radical (unpaired) electrons. The Morgan fingerprint density at radius 3 is 2.89 bits per heavy atom. The maximum atomic E-state index is 8.89. The lowest BCUT2D eigenvalue weighted by Crippen LogP contribution is -2.21. The van der Waals surface area contributed by atoms with Crippen molar-refractivity contribution < 1.29 is 0 Å². The van der Waals surface area contributed by atoms with Crippen LogP contribution >= 0.6 is 0 Å². The minimum Gasteiger partial charge on any atom is -0.310 e. The molecule has 1 unspecified atom stereocenters. The summed E-state index contributed by atoms with van der Waals surface area (Å²) in [5.74, 6) is 0. The van der Waals surface area contributed by atoms with E-state index in [4.69, 9.17) is 5.26 Å². The van der Waals surface area contributed by atoms with Crippen LogP contribution in [0.4, 0.5) is 0 Å². The molecule has 19 heavy (non-hydrogen) atoms. The first-order valence-corrected chi connectivity index (χ1v) is 6.43. The molecule has 0 spiro atoms. The molecule has 0 aliphatic rings. The number of pyridine rings is 1. The second-order valence-electron chi connectivity index (χ2n) is 4.48. The molecule has 2 rings (SSSR count). The summed E-state index contributed by atoms with van der Waals surface area (Å²) in [5, 5.41) is 12.3. The third-order valence-electron chi connectivity index (χ3n) is 3.07. The van der Waals surface area contributed by atoms with E-state index in [2.05, 4.69) is 23.3 Å². The normalized spacial score (nSPS) is 11.8. The highest BCUT2D eigenvalue weighted by atomic mass is 14.9. The van der Waals surface area contributed by atoms with E-state index in [1.807, 2.05) is 48.7 Å². The molecule has 0 bridgehead atoms. The van der Waals surface area contributed by atoms with Gasteiger partial charge in [-0.1, -0.05) is 18.2 Å². The number of hydrogen-bond donors (Lipinski definition) is 1. The fourth-order valence-corrected chi connectivity index (χ4v) is 1.96. The van der Waals surface area contributed by atoms with Gasteiger partial charge in [0.1, 0.15) is 0 Å². The molecule has 0 fully saturated rings. The van der Waals surface area contributed by atoms with Crippen LogP contribution in [0.15, 0.2) is 48.7 Å². The number of nitriles is 1. The second kappa shape index (κ2) is 6.67. The number of nitrogens with one attached hydrogen (secondary N) is 1. The van der Waals surface area contributed by atoms with Crippen LogP contribution in [-0.4, -0.2) is 11.5 Å². The zero-order valence-corrected chi connectivity index (χ0v) is 11.0. The highest BCUT2D eigenvalue weighted by Gasteiger charge is 2.05. The van der Waals surface area contributed by atoms with Crippen LogP contribution in [0.25, 0.3) is 0 Å².